The number of hydrogen-bond acceptors (Lipinski definition) is 3. The van der Waals surface area contributed by atoms with E-state index in [1.807, 2.05) is 42.8 Å². The molecular formula is C24H33BrN4O. The zero-order valence-corrected chi connectivity index (χ0v) is 20.0. The zero-order chi connectivity index (χ0) is 21.3. The number of aromatic nitrogens is 2. The Balaban J connectivity index is 1.46. The molecule has 1 aromatic heterocycles. The van der Waals surface area contributed by atoms with Crippen molar-refractivity contribution < 1.29 is 4.79 Å². The quantitative estimate of drug-likeness (QED) is 0.639. The van der Waals surface area contributed by atoms with Crippen LogP contribution in [-0.2, 0) is 0 Å². The van der Waals surface area contributed by atoms with E-state index in [0.29, 0.717) is 5.92 Å². The van der Waals surface area contributed by atoms with Crippen LogP contribution in [-0.4, -0.2) is 58.2 Å². The predicted molar refractivity (Wildman–Crippen MR) is 124 cm³/mol. The molecule has 6 heteroatoms. The van der Waals surface area contributed by atoms with Gasteiger partial charge in [0.1, 0.15) is 0 Å². The number of halogens is 1. The van der Waals surface area contributed by atoms with Gasteiger partial charge in [0.2, 0.25) is 0 Å². The Hall–Kier alpha value is -1.66. The summed E-state index contributed by atoms with van der Waals surface area (Å²) in [6, 6.07) is 8.05. The molecule has 0 spiro atoms. The number of hydrogen-bond donors (Lipinski definition) is 0. The minimum Gasteiger partial charge on any atom is -0.338 e. The third-order valence-corrected chi connectivity index (χ3v) is 7.30. The molecule has 2 saturated heterocycles. The van der Waals surface area contributed by atoms with Gasteiger partial charge in [-0.25, -0.2) is 4.68 Å². The third-order valence-electron chi connectivity index (χ3n) is 6.78. The van der Waals surface area contributed by atoms with Crippen molar-refractivity contribution in [3.05, 3.63) is 45.7 Å². The molecule has 0 aliphatic carbocycles. The second-order valence-corrected chi connectivity index (χ2v) is 10.1. The lowest BCUT2D eigenvalue weighted by Gasteiger charge is -2.38. The maximum atomic E-state index is 13.5. The van der Waals surface area contributed by atoms with Crippen molar-refractivity contribution >= 4 is 21.8 Å². The third kappa shape index (κ3) is 4.65. The number of nitrogens with zero attached hydrogens (tertiary/aromatic N) is 4. The van der Waals surface area contributed by atoms with Crippen LogP contribution in [0.15, 0.2) is 28.7 Å². The fourth-order valence-electron chi connectivity index (χ4n) is 4.95. The highest BCUT2D eigenvalue weighted by Crippen LogP contribution is 2.25. The molecule has 1 aromatic carbocycles. The number of rotatable bonds is 4. The standard InChI is InChI=1S/C24H33BrN4O/c1-17-10-13-27(14-11-17)15-20-5-4-12-28(16-20)24(30)23-18(2)26-29(19(23)3)22-8-6-21(25)7-9-22/h6-9,17,20H,4-5,10-16H2,1-3H3. The summed E-state index contributed by atoms with van der Waals surface area (Å²) in [5.74, 6) is 1.59. The Kier molecular flexibility index (Phi) is 6.63. The molecule has 0 N–H and O–H groups in total. The lowest BCUT2D eigenvalue weighted by atomic mass is 9.94. The van der Waals surface area contributed by atoms with Crippen LogP contribution >= 0.6 is 15.9 Å². The van der Waals surface area contributed by atoms with Crippen molar-refractivity contribution in [2.45, 2.75) is 46.5 Å². The van der Waals surface area contributed by atoms with Crippen LogP contribution in [0.4, 0.5) is 0 Å². The molecule has 1 amide bonds. The summed E-state index contributed by atoms with van der Waals surface area (Å²) in [5.41, 5.74) is 3.48. The number of carbonyl (C=O) groups excluding carboxylic acids is 1. The Bertz CT molecular complexity index is 883. The van der Waals surface area contributed by atoms with E-state index in [0.717, 1.165) is 59.1 Å². The van der Waals surface area contributed by atoms with Gasteiger partial charge in [-0.15, -0.1) is 0 Å². The van der Waals surface area contributed by atoms with Crippen molar-refractivity contribution in [1.82, 2.24) is 19.6 Å². The molecule has 2 aliphatic rings. The zero-order valence-electron chi connectivity index (χ0n) is 18.4. The second kappa shape index (κ2) is 9.23. The average Bonchev–Trinajstić information content (AvgIpc) is 3.04. The fraction of sp³-hybridized carbons (Fsp3) is 0.583. The van der Waals surface area contributed by atoms with E-state index in [2.05, 4.69) is 32.7 Å². The number of amides is 1. The average molecular weight is 473 g/mol. The predicted octanol–water partition coefficient (Wildman–Crippen LogP) is 4.84. The number of carbonyl (C=O) groups is 1. The van der Waals surface area contributed by atoms with Crippen molar-refractivity contribution in [2.75, 3.05) is 32.7 Å². The number of likely N-dealkylation sites (tertiary alicyclic amines) is 2. The largest absolute Gasteiger partial charge is 0.338 e. The summed E-state index contributed by atoms with van der Waals surface area (Å²) in [6.07, 6.45) is 4.94. The van der Waals surface area contributed by atoms with Gasteiger partial charge in [0.05, 0.1) is 22.6 Å². The molecule has 2 aliphatic heterocycles. The summed E-state index contributed by atoms with van der Waals surface area (Å²) in [5, 5.41) is 4.69. The minimum atomic E-state index is 0.144. The van der Waals surface area contributed by atoms with Crippen LogP contribution < -0.4 is 0 Å². The Morgan fingerprint density at radius 3 is 2.50 bits per heavy atom. The van der Waals surface area contributed by atoms with E-state index < -0.39 is 0 Å². The molecule has 5 nitrogen and oxygen atoms in total. The molecule has 4 rings (SSSR count). The number of aryl methyl sites for hydroxylation is 1. The topological polar surface area (TPSA) is 41.4 Å². The molecule has 3 heterocycles. The highest BCUT2D eigenvalue weighted by molar-refractivity contribution is 9.10. The molecule has 162 valence electrons. The van der Waals surface area contributed by atoms with Gasteiger partial charge in [0, 0.05) is 24.1 Å². The lowest BCUT2D eigenvalue weighted by molar-refractivity contribution is 0.0621. The van der Waals surface area contributed by atoms with Crippen LogP contribution in [0.25, 0.3) is 5.69 Å². The number of piperidine rings is 2. The fourth-order valence-corrected chi connectivity index (χ4v) is 5.22. The maximum absolute atomic E-state index is 13.5. The van der Waals surface area contributed by atoms with Crippen LogP contribution in [0, 0.1) is 25.7 Å². The van der Waals surface area contributed by atoms with Crippen LogP contribution in [0.2, 0.25) is 0 Å². The van der Waals surface area contributed by atoms with Crippen molar-refractivity contribution in [3.63, 3.8) is 0 Å². The monoisotopic (exact) mass is 472 g/mol. The van der Waals surface area contributed by atoms with E-state index in [-0.39, 0.29) is 5.91 Å². The van der Waals surface area contributed by atoms with Crippen molar-refractivity contribution in [2.24, 2.45) is 11.8 Å². The van der Waals surface area contributed by atoms with E-state index in [1.54, 1.807) is 0 Å². The van der Waals surface area contributed by atoms with Gasteiger partial charge in [0.25, 0.3) is 5.91 Å². The summed E-state index contributed by atoms with van der Waals surface area (Å²) in [6.45, 7) is 11.6. The first-order chi connectivity index (χ1) is 14.4. The molecule has 0 bridgehead atoms. The Labute approximate surface area is 188 Å². The van der Waals surface area contributed by atoms with E-state index in [1.165, 1.54) is 32.4 Å². The Morgan fingerprint density at radius 2 is 1.80 bits per heavy atom. The van der Waals surface area contributed by atoms with Crippen LogP contribution in [0.5, 0.6) is 0 Å². The highest BCUT2D eigenvalue weighted by Gasteiger charge is 2.30. The van der Waals surface area contributed by atoms with Crippen LogP contribution in [0.1, 0.15) is 54.4 Å². The molecule has 1 atom stereocenters. The van der Waals surface area contributed by atoms with E-state index in [9.17, 15) is 4.79 Å². The first-order valence-corrected chi connectivity index (χ1v) is 12.1. The van der Waals surface area contributed by atoms with Gasteiger partial charge in [0.15, 0.2) is 0 Å². The molecule has 0 saturated carbocycles. The van der Waals surface area contributed by atoms with Crippen LogP contribution in [0.3, 0.4) is 0 Å². The van der Waals surface area contributed by atoms with Crippen molar-refractivity contribution in [3.8, 4) is 5.69 Å². The second-order valence-electron chi connectivity index (χ2n) is 9.18. The lowest BCUT2D eigenvalue weighted by Crippen LogP contribution is -2.45. The highest BCUT2D eigenvalue weighted by atomic mass is 79.9. The van der Waals surface area contributed by atoms with E-state index in [4.69, 9.17) is 5.10 Å². The normalized spacial score (nSPS) is 21.2. The molecule has 2 aromatic rings. The number of benzene rings is 1. The first kappa shape index (κ1) is 21.6. The van der Waals surface area contributed by atoms with Crippen molar-refractivity contribution in [1.29, 1.82) is 0 Å². The Morgan fingerprint density at radius 1 is 1.10 bits per heavy atom. The summed E-state index contributed by atoms with van der Waals surface area (Å²) in [7, 11) is 0. The maximum Gasteiger partial charge on any atom is 0.257 e. The molecule has 1 unspecified atom stereocenters. The SMILES string of the molecule is Cc1nn(-c2ccc(Br)cc2)c(C)c1C(=O)N1CCCC(CN2CCC(C)CC2)C1. The van der Waals surface area contributed by atoms with Gasteiger partial charge < -0.3 is 9.80 Å². The molecule has 30 heavy (non-hydrogen) atoms. The first-order valence-electron chi connectivity index (χ1n) is 11.3. The van der Waals surface area contributed by atoms with Gasteiger partial charge in [-0.1, -0.05) is 22.9 Å². The van der Waals surface area contributed by atoms with Gasteiger partial charge in [-0.2, -0.15) is 5.10 Å². The van der Waals surface area contributed by atoms with Gasteiger partial charge in [-0.3, -0.25) is 4.79 Å². The molecule has 0 radical (unpaired) electrons. The van der Waals surface area contributed by atoms with Gasteiger partial charge >= 0.3 is 0 Å². The molecule has 2 fully saturated rings. The summed E-state index contributed by atoms with van der Waals surface area (Å²) < 4.78 is 2.93. The minimum absolute atomic E-state index is 0.144. The summed E-state index contributed by atoms with van der Waals surface area (Å²) in [4.78, 5) is 18.2. The molecular weight excluding hydrogens is 440 g/mol. The van der Waals surface area contributed by atoms with Gasteiger partial charge in [-0.05, 0) is 88.7 Å². The smallest absolute Gasteiger partial charge is 0.257 e. The van der Waals surface area contributed by atoms with E-state index >= 15 is 0 Å². The summed E-state index contributed by atoms with van der Waals surface area (Å²) >= 11 is 3.48.